The second kappa shape index (κ2) is 14.4. The molecular weight excluding hydrogens is 438 g/mol. The third-order valence-corrected chi connectivity index (χ3v) is 4.04. The molecule has 182 valence electrons. The second-order valence-electron chi connectivity index (χ2n) is 6.94. The Kier molecular flexibility index (Phi) is 12.0. The molecule has 0 bridgehead atoms. The molecular formula is C22H29NO10. The molecule has 1 N–H and O–H groups in total. The van der Waals surface area contributed by atoms with E-state index in [0.717, 1.165) is 26.3 Å². The van der Waals surface area contributed by atoms with E-state index < -0.39 is 48.3 Å². The Morgan fingerprint density at radius 3 is 1.88 bits per heavy atom. The van der Waals surface area contributed by atoms with Gasteiger partial charge >= 0.3 is 30.0 Å². The van der Waals surface area contributed by atoms with Crippen LogP contribution in [0.4, 0.5) is 4.79 Å². The van der Waals surface area contributed by atoms with E-state index in [0.29, 0.717) is 0 Å². The van der Waals surface area contributed by atoms with E-state index in [1.165, 1.54) is 6.92 Å². The summed E-state index contributed by atoms with van der Waals surface area (Å²) in [4.78, 5) is 58.2. The molecule has 11 nitrogen and oxygen atoms in total. The highest BCUT2D eigenvalue weighted by Crippen LogP contribution is 2.17. The Morgan fingerprint density at radius 1 is 0.758 bits per heavy atom. The number of amides is 1. The predicted molar refractivity (Wildman–Crippen MR) is 113 cm³/mol. The number of nitrogens with one attached hydrogen (secondary N) is 1. The van der Waals surface area contributed by atoms with Gasteiger partial charge in [-0.1, -0.05) is 30.3 Å². The lowest BCUT2D eigenvalue weighted by atomic mass is 10.0. The topological polar surface area (TPSA) is 144 Å². The van der Waals surface area contributed by atoms with Crippen molar-refractivity contribution in [2.45, 2.75) is 59.0 Å². The zero-order valence-electron chi connectivity index (χ0n) is 19.0. The molecule has 0 aromatic heterocycles. The molecule has 0 radical (unpaired) electrons. The number of alkyl carbamates (subject to hydrolysis) is 1. The molecule has 0 aliphatic carbocycles. The Balaban J connectivity index is 2.93. The minimum absolute atomic E-state index is 0.0107. The molecule has 0 fully saturated rings. The molecule has 33 heavy (non-hydrogen) atoms. The van der Waals surface area contributed by atoms with E-state index in [2.05, 4.69) is 5.32 Å². The largest absolute Gasteiger partial charge is 0.466 e. The van der Waals surface area contributed by atoms with Crippen LogP contribution in [0.5, 0.6) is 0 Å². The third-order valence-electron chi connectivity index (χ3n) is 4.04. The van der Waals surface area contributed by atoms with Gasteiger partial charge in [-0.3, -0.25) is 19.2 Å². The lowest BCUT2D eigenvalue weighted by Crippen LogP contribution is -2.50. The van der Waals surface area contributed by atoms with E-state index >= 15 is 0 Å². The Hall–Kier alpha value is -3.63. The van der Waals surface area contributed by atoms with Gasteiger partial charge in [0.25, 0.3) is 0 Å². The first-order valence-corrected chi connectivity index (χ1v) is 10.2. The first-order valence-electron chi connectivity index (χ1n) is 10.2. The fourth-order valence-corrected chi connectivity index (χ4v) is 2.80. The molecule has 3 atom stereocenters. The van der Waals surface area contributed by atoms with Crippen LogP contribution in [0.15, 0.2) is 30.3 Å². The molecule has 1 rings (SSSR count). The van der Waals surface area contributed by atoms with Crippen molar-refractivity contribution >= 4 is 30.0 Å². The quantitative estimate of drug-likeness (QED) is 0.356. The first-order chi connectivity index (χ1) is 15.6. The standard InChI is InChI=1S/C22H29NO10/c1-14(24)29-11-10-19(31-15(2)25)21(33-17(4)27)20(32-16(3)26)12-23-22(28)30-13-18-8-6-5-7-9-18/h5-9,19-21H,10-13H2,1-4H3,(H,23,28). The molecule has 1 aromatic rings. The molecule has 1 aromatic carbocycles. The maximum Gasteiger partial charge on any atom is 0.407 e. The van der Waals surface area contributed by atoms with Crippen molar-refractivity contribution in [3.05, 3.63) is 35.9 Å². The van der Waals surface area contributed by atoms with Gasteiger partial charge in [0.1, 0.15) is 12.7 Å². The highest BCUT2D eigenvalue weighted by Gasteiger charge is 2.37. The lowest BCUT2D eigenvalue weighted by Gasteiger charge is -2.32. The summed E-state index contributed by atoms with van der Waals surface area (Å²) in [7, 11) is 0. The van der Waals surface area contributed by atoms with Crippen molar-refractivity contribution in [2.24, 2.45) is 0 Å². The number of rotatable bonds is 12. The van der Waals surface area contributed by atoms with Gasteiger partial charge in [-0.25, -0.2) is 4.79 Å². The molecule has 0 spiro atoms. The fourth-order valence-electron chi connectivity index (χ4n) is 2.80. The van der Waals surface area contributed by atoms with Crippen LogP contribution in [0.1, 0.15) is 39.7 Å². The van der Waals surface area contributed by atoms with E-state index in [-0.39, 0.29) is 26.2 Å². The van der Waals surface area contributed by atoms with Crippen LogP contribution >= 0.6 is 0 Å². The number of esters is 4. The monoisotopic (exact) mass is 467 g/mol. The van der Waals surface area contributed by atoms with Gasteiger partial charge in [0, 0.05) is 34.1 Å². The summed E-state index contributed by atoms with van der Waals surface area (Å²) in [5.74, 6) is -2.72. The van der Waals surface area contributed by atoms with Gasteiger partial charge < -0.3 is 29.0 Å². The van der Waals surface area contributed by atoms with Gasteiger partial charge in [-0.15, -0.1) is 0 Å². The van der Waals surface area contributed by atoms with Crippen molar-refractivity contribution in [1.82, 2.24) is 5.32 Å². The fraction of sp³-hybridized carbons (Fsp3) is 0.500. The van der Waals surface area contributed by atoms with Crippen LogP contribution in [0.3, 0.4) is 0 Å². The Bertz CT molecular complexity index is 811. The van der Waals surface area contributed by atoms with Crippen LogP contribution < -0.4 is 5.32 Å². The van der Waals surface area contributed by atoms with Crippen LogP contribution in [0.25, 0.3) is 0 Å². The molecule has 11 heteroatoms. The van der Waals surface area contributed by atoms with E-state index in [4.69, 9.17) is 23.7 Å². The van der Waals surface area contributed by atoms with Crippen LogP contribution in [0.2, 0.25) is 0 Å². The molecule has 1 amide bonds. The summed E-state index contributed by atoms with van der Waals surface area (Å²) in [6, 6.07) is 8.96. The summed E-state index contributed by atoms with van der Waals surface area (Å²) in [5.41, 5.74) is 0.766. The molecule has 0 aliphatic rings. The normalized spacial score (nSPS) is 13.0. The highest BCUT2D eigenvalue weighted by atomic mass is 16.6. The molecule has 0 saturated heterocycles. The van der Waals surface area contributed by atoms with Crippen LogP contribution in [0, 0.1) is 0 Å². The number of carbonyl (C=O) groups excluding carboxylic acids is 5. The van der Waals surface area contributed by atoms with E-state index in [9.17, 15) is 24.0 Å². The summed E-state index contributed by atoms with van der Waals surface area (Å²) >= 11 is 0. The maximum atomic E-state index is 12.1. The predicted octanol–water partition coefficient (Wildman–Crippen LogP) is 1.66. The van der Waals surface area contributed by atoms with Crippen LogP contribution in [-0.4, -0.2) is 61.4 Å². The van der Waals surface area contributed by atoms with Crippen molar-refractivity contribution in [1.29, 1.82) is 0 Å². The Labute approximate surface area is 191 Å². The van der Waals surface area contributed by atoms with Crippen molar-refractivity contribution in [3.63, 3.8) is 0 Å². The second-order valence-corrected chi connectivity index (χ2v) is 6.94. The zero-order chi connectivity index (χ0) is 24.8. The van der Waals surface area contributed by atoms with Gasteiger partial charge in [-0.2, -0.15) is 0 Å². The minimum atomic E-state index is -1.29. The van der Waals surface area contributed by atoms with Crippen LogP contribution in [-0.2, 0) is 49.5 Å². The highest BCUT2D eigenvalue weighted by molar-refractivity contribution is 5.69. The van der Waals surface area contributed by atoms with Crippen molar-refractivity contribution in [3.8, 4) is 0 Å². The lowest BCUT2D eigenvalue weighted by molar-refractivity contribution is -0.184. The van der Waals surface area contributed by atoms with Gasteiger partial charge in [-0.05, 0) is 5.56 Å². The number of hydrogen-bond donors (Lipinski definition) is 1. The summed E-state index contributed by atoms with van der Waals surface area (Å²) < 4.78 is 25.7. The van der Waals surface area contributed by atoms with Gasteiger partial charge in [0.05, 0.1) is 13.2 Å². The SMILES string of the molecule is CC(=O)OCCC(OC(C)=O)C(OC(C)=O)C(CNC(=O)OCc1ccccc1)OC(C)=O. The first kappa shape index (κ1) is 27.4. The third kappa shape index (κ3) is 12.1. The zero-order valence-corrected chi connectivity index (χ0v) is 19.0. The summed E-state index contributed by atoms with van der Waals surface area (Å²) in [5, 5.41) is 2.44. The Morgan fingerprint density at radius 2 is 1.33 bits per heavy atom. The number of carbonyl (C=O) groups is 5. The van der Waals surface area contributed by atoms with E-state index in [1.54, 1.807) is 24.3 Å². The van der Waals surface area contributed by atoms with E-state index in [1.807, 2.05) is 6.07 Å². The van der Waals surface area contributed by atoms with Gasteiger partial charge in [0.2, 0.25) is 0 Å². The number of hydrogen-bond acceptors (Lipinski definition) is 10. The summed E-state index contributed by atoms with van der Waals surface area (Å²) in [6.45, 7) is 4.15. The van der Waals surface area contributed by atoms with Crippen molar-refractivity contribution in [2.75, 3.05) is 13.2 Å². The smallest absolute Gasteiger partial charge is 0.407 e. The van der Waals surface area contributed by atoms with Gasteiger partial charge in [0.15, 0.2) is 12.2 Å². The van der Waals surface area contributed by atoms with Crippen molar-refractivity contribution < 1.29 is 47.7 Å². The maximum absolute atomic E-state index is 12.1. The average Bonchev–Trinajstić information content (AvgIpc) is 2.72. The molecule has 3 unspecified atom stereocenters. The average molecular weight is 467 g/mol. The molecule has 0 aliphatic heterocycles. The molecule has 0 heterocycles. The summed E-state index contributed by atoms with van der Waals surface area (Å²) in [6.07, 6.45) is -4.50. The minimum Gasteiger partial charge on any atom is -0.466 e. The number of ether oxygens (including phenoxy) is 5. The number of benzene rings is 1. The molecule has 0 saturated carbocycles.